The fourth-order valence-electron chi connectivity index (χ4n) is 0. The van der Waals surface area contributed by atoms with Gasteiger partial charge in [-0.25, -0.2) is 0 Å². The van der Waals surface area contributed by atoms with E-state index in [0.717, 1.165) is 0 Å². The molecule has 0 heterocycles. The van der Waals surface area contributed by atoms with E-state index in [1.54, 1.807) is 0 Å². The van der Waals surface area contributed by atoms with Crippen LogP contribution in [-0.4, -0.2) is 35.0 Å². The van der Waals surface area contributed by atoms with Gasteiger partial charge in [0.15, 0.2) is 0 Å². The molecule has 0 aliphatic heterocycles. The second-order valence-corrected chi connectivity index (χ2v) is 0.204. The third-order valence-corrected chi connectivity index (χ3v) is 0. The summed E-state index contributed by atoms with van der Waals surface area (Å²) in [6.07, 6.45) is 0. The van der Waals surface area contributed by atoms with Crippen LogP contribution in [0.5, 0.6) is 0 Å². The van der Waals surface area contributed by atoms with Crippen LogP contribution in [-0.2, 0) is 11.6 Å². The summed E-state index contributed by atoms with van der Waals surface area (Å²) >= 11 is -0.750. The van der Waals surface area contributed by atoms with E-state index in [9.17, 15) is 0 Å². The lowest BCUT2D eigenvalue weighted by molar-refractivity contribution is 0.630. The van der Waals surface area contributed by atoms with Gasteiger partial charge in [0.1, 0.15) is 0 Å². The molecule has 152 valence electrons. The number of hydrogen-bond donors (Lipinski definition) is 3. The molecule has 0 fully saturated rings. The maximum absolute atomic E-state index is 8.29. The van der Waals surface area contributed by atoms with Crippen molar-refractivity contribution in [2.75, 3.05) is 21.1 Å². The van der Waals surface area contributed by atoms with E-state index in [4.69, 9.17) is 8.42 Å². The third-order valence-electron chi connectivity index (χ3n) is 0. The maximum Gasteiger partial charge on any atom is 0.335 e. The Morgan fingerprint density at radius 3 is 0.409 bits per heavy atom. The molecule has 0 saturated heterocycles. The number of rotatable bonds is 0. The van der Waals surface area contributed by atoms with Crippen molar-refractivity contribution in [3.05, 3.63) is 0 Å². The molecule has 0 aliphatic carbocycles. The van der Waals surface area contributed by atoms with Crippen molar-refractivity contribution < 1.29 is 13.9 Å². The first-order valence-electron chi connectivity index (χ1n) is 8.07. The Labute approximate surface area is 147 Å². The van der Waals surface area contributed by atoms with Crippen LogP contribution in [0, 0.1) is 0 Å². The Morgan fingerprint density at radius 1 is 0.409 bits per heavy atom. The second-order valence-electron chi connectivity index (χ2n) is 0.0680. The molecule has 0 aromatic rings. The molecule has 0 bridgehead atoms. The highest BCUT2D eigenvalue weighted by molar-refractivity contribution is 7.51. The van der Waals surface area contributed by atoms with Crippen LogP contribution in [0.25, 0.3) is 0 Å². The summed E-state index contributed by atoms with van der Waals surface area (Å²) in [5, 5.41) is 0. The summed E-state index contributed by atoms with van der Waals surface area (Å²) in [6.45, 7) is 24.0. The predicted octanol–water partition coefficient (Wildman–Crippen LogP) is 3.39. The van der Waals surface area contributed by atoms with Crippen molar-refractivity contribution in [3.63, 3.8) is 0 Å². The molecule has 0 spiro atoms. The summed E-state index contributed by atoms with van der Waals surface area (Å²) in [5.74, 6) is 0. The molecule has 0 amide bonds. The Hall–Kier alpha value is -0.340. The monoisotopic (exact) mass is 355 g/mol. The van der Waals surface area contributed by atoms with Crippen LogP contribution in [0.4, 0.5) is 0 Å². The van der Waals surface area contributed by atoms with Gasteiger partial charge in [-0.15, -0.1) is 0 Å². The van der Waals surface area contributed by atoms with Gasteiger partial charge in [-0.3, -0.25) is 0 Å². The van der Waals surface area contributed by atoms with E-state index >= 15 is 0 Å². The van der Waals surface area contributed by atoms with Crippen LogP contribution in [0.15, 0.2) is 0 Å². The minimum Gasteiger partial charge on any atom is -0.412 e. The maximum atomic E-state index is 8.29. The topological polar surface area (TPSA) is 144 Å². The van der Waals surface area contributed by atoms with Gasteiger partial charge in [0, 0.05) is 0 Å². The largest absolute Gasteiger partial charge is 0.412 e. The molecule has 0 aromatic heterocycles. The smallest absolute Gasteiger partial charge is 0.335 e. The van der Waals surface area contributed by atoms with Gasteiger partial charge in [0.05, 0.1) is 0 Å². The SMILES string of the molecule is CC.CC.CC.CC.CC.CC.CN.CN.CN.O.O=S=O. The highest BCUT2D eigenvalue weighted by atomic mass is 32.1. The molecule has 0 radical (unpaired) electrons. The van der Waals surface area contributed by atoms with Crippen LogP contribution in [0.3, 0.4) is 0 Å². The Morgan fingerprint density at radius 2 is 0.409 bits per heavy atom. The first-order valence-corrected chi connectivity index (χ1v) is 8.73. The van der Waals surface area contributed by atoms with Gasteiger partial charge < -0.3 is 22.7 Å². The molecule has 0 aromatic carbocycles. The molecule has 0 aliphatic rings. The average Bonchev–Trinajstić information content (AvgIpc) is 2.70. The van der Waals surface area contributed by atoms with Gasteiger partial charge in [-0.2, -0.15) is 8.42 Å². The normalized spacial score (nSPS) is 3.00. The van der Waals surface area contributed by atoms with Crippen molar-refractivity contribution >= 4 is 11.6 Å². The van der Waals surface area contributed by atoms with Crippen LogP contribution >= 0.6 is 0 Å². The lowest BCUT2D eigenvalue weighted by atomic mass is 11.0. The van der Waals surface area contributed by atoms with Crippen molar-refractivity contribution in [3.8, 4) is 0 Å². The molecule has 0 atom stereocenters. The Bertz CT molecular complexity index is 51.0. The molecule has 8 N–H and O–H groups in total. The molecule has 6 nitrogen and oxygen atoms in total. The summed E-state index contributed by atoms with van der Waals surface area (Å²) < 4.78 is 16.6. The Kier molecular flexibility index (Phi) is 67800. The zero-order valence-corrected chi connectivity index (χ0v) is 19.3. The van der Waals surface area contributed by atoms with Crippen molar-refractivity contribution in [2.45, 2.75) is 83.1 Å². The number of nitrogens with two attached hydrogens (primary N) is 3. The lowest BCUT2D eigenvalue weighted by Gasteiger charge is -1.19. The van der Waals surface area contributed by atoms with Crippen LogP contribution < -0.4 is 17.2 Å². The van der Waals surface area contributed by atoms with Gasteiger partial charge in [0.25, 0.3) is 0 Å². The van der Waals surface area contributed by atoms with Crippen molar-refractivity contribution in [2.24, 2.45) is 17.2 Å². The fourth-order valence-corrected chi connectivity index (χ4v) is 0. The zero-order valence-electron chi connectivity index (χ0n) is 18.5. The predicted molar refractivity (Wildman–Crippen MR) is 111 cm³/mol. The quantitative estimate of drug-likeness (QED) is 0.610. The van der Waals surface area contributed by atoms with Crippen molar-refractivity contribution in [1.29, 1.82) is 0 Å². The highest BCUT2D eigenvalue weighted by Crippen LogP contribution is 1.15. The van der Waals surface area contributed by atoms with Crippen LogP contribution in [0.1, 0.15) is 83.1 Å². The van der Waals surface area contributed by atoms with E-state index in [-0.39, 0.29) is 5.48 Å². The van der Waals surface area contributed by atoms with Crippen LogP contribution in [0.2, 0.25) is 0 Å². The first-order chi connectivity index (χ1) is 10.4. The Balaban J connectivity index is -0.00000000679. The summed E-state index contributed by atoms with van der Waals surface area (Å²) in [6, 6.07) is 0. The first kappa shape index (κ1) is 81.4. The molecule has 0 unspecified atom stereocenters. The molecular formula is C15H53N3O3S. The van der Waals surface area contributed by atoms with E-state index in [1.807, 2.05) is 83.1 Å². The fraction of sp³-hybridized carbons (Fsp3) is 1.00. The minimum atomic E-state index is -0.750. The van der Waals surface area contributed by atoms with Gasteiger partial charge in [-0.05, 0) is 21.1 Å². The van der Waals surface area contributed by atoms with Gasteiger partial charge in [-0.1, -0.05) is 83.1 Å². The minimum absolute atomic E-state index is 0. The van der Waals surface area contributed by atoms with Gasteiger partial charge >= 0.3 is 11.6 Å². The second kappa shape index (κ2) is 18300. The summed E-state index contributed by atoms with van der Waals surface area (Å²) in [7, 11) is 4.50. The van der Waals surface area contributed by atoms with Crippen molar-refractivity contribution in [1.82, 2.24) is 0 Å². The van der Waals surface area contributed by atoms with E-state index in [2.05, 4.69) is 17.2 Å². The molecule has 0 rings (SSSR count). The molecule has 7 heteroatoms. The summed E-state index contributed by atoms with van der Waals surface area (Å²) in [5.41, 5.74) is 13.5. The molecule has 22 heavy (non-hydrogen) atoms. The lowest BCUT2D eigenvalue weighted by Crippen LogP contribution is -1.69. The average molecular weight is 356 g/mol. The number of hydrogen-bond acceptors (Lipinski definition) is 5. The highest BCUT2D eigenvalue weighted by Gasteiger charge is 1.12. The standard InChI is InChI=1S/6C2H6.3CH5N.O2S.H2O/c9*1-2;1-3-2;/h6*1-2H3;3*2H2,1H3;;1H2. The van der Waals surface area contributed by atoms with E-state index < -0.39 is 11.6 Å². The van der Waals surface area contributed by atoms with E-state index in [0.29, 0.717) is 0 Å². The third kappa shape index (κ3) is 59200. The molecule has 0 saturated carbocycles. The van der Waals surface area contributed by atoms with E-state index in [1.165, 1.54) is 21.1 Å². The molecular weight excluding hydrogens is 302 g/mol. The zero-order chi connectivity index (χ0) is 20.7. The summed E-state index contributed by atoms with van der Waals surface area (Å²) in [4.78, 5) is 0. The van der Waals surface area contributed by atoms with Gasteiger partial charge in [0.2, 0.25) is 0 Å².